The lowest BCUT2D eigenvalue weighted by Crippen LogP contribution is -2.21. The van der Waals surface area contributed by atoms with E-state index < -0.39 is 52.5 Å². The molecule has 2 unspecified atom stereocenters. The van der Waals surface area contributed by atoms with E-state index in [9.17, 15) is 31.4 Å². The monoisotopic (exact) mass is 583 g/mol. The Labute approximate surface area is 231 Å². The van der Waals surface area contributed by atoms with Gasteiger partial charge >= 0.3 is 6.18 Å². The van der Waals surface area contributed by atoms with Crippen LogP contribution < -0.4 is 9.47 Å². The Balaban J connectivity index is 0.00000124. The first-order valence-electron chi connectivity index (χ1n) is 12.7. The van der Waals surface area contributed by atoms with Gasteiger partial charge in [0.1, 0.15) is 29.8 Å². The van der Waals surface area contributed by atoms with Crippen LogP contribution >= 0.6 is 0 Å². The van der Waals surface area contributed by atoms with Crippen LogP contribution in [0.4, 0.5) is 26.3 Å². The molecule has 0 bridgehead atoms. The summed E-state index contributed by atoms with van der Waals surface area (Å²) >= 11 is 0. The van der Waals surface area contributed by atoms with Gasteiger partial charge in [-0.2, -0.15) is 13.2 Å². The topological polar surface area (TPSA) is 88.9 Å². The van der Waals surface area contributed by atoms with Crippen LogP contribution in [-0.4, -0.2) is 33.9 Å². The molecular formula is C29H27F6NO5. The van der Waals surface area contributed by atoms with Crippen LogP contribution in [0.15, 0.2) is 36.5 Å². The Morgan fingerprint density at radius 2 is 1.68 bits per heavy atom. The number of fused-ring (bicyclic) bond motifs is 3. The van der Waals surface area contributed by atoms with Crippen LogP contribution in [0.3, 0.4) is 0 Å². The summed E-state index contributed by atoms with van der Waals surface area (Å²) in [4.78, 5) is 12.6. The Hall–Kier alpha value is -3.80. The van der Waals surface area contributed by atoms with Crippen LogP contribution in [0.5, 0.6) is 11.6 Å². The van der Waals surface area contributed by atoms with Crippen molar-refractivity contribution in [3.63, 3.8) is 0 Å². The number of aliphatic hydroxyl groups is 1. The van der Waals surface area contributed by atoms with Crippen molar-refractivity contribution in [3.05, 3.63) is 76.2 Å². The van der Waals surface area contributed by atoms with Crippen LogP contribution in [0.2, 0.25) is 0 Å². The van der Waals surface area contributed by atoms with Crippen molar-refractivity contribution in [2.24, 2.45) is 5.92 Å². The molecule has 0 saturated heterocycles. The van der Waals surface area contributed by atoms with Gasteiger partial charge in [0.05, 0.1) is 23.3 Å². The van der Waals surface area contributed by atoms with Crippen molar-refractivity contribution >= 4 is 6.47 Å². The lowest BCUT2D eigenvalue weighted by molar-refractivity contribution is -0.137. The number of carbonyl (C=O) groups is 1. The minimum atomic E-state index is -5.08. The third-order valence-corrected chi connectivity index (χ3v) is 6.94. The van der Waals surface area contributed by atoms with Crippen LogP contribution in [0.1, 0.15) is 54.9 Å². The van der Waals surface area contributed by atoms with E-state index in [0.717, 1.165) is 42.2 Å². The molecule has 41 heavy (non-hydrogen) atoms. The van der Waals surface area contributed by atoms with E-state index in [0.29, 0.717) is 11.8 Å². The summed E-state index contributed by atoms with van der Waals surface area (Å²) in [6.07, 6.45) is -1.20. The summed E-state index contributed by atoms with van der Waals surface area (Å²) in [5, 5.41) is 16.6. The number of hydrogen-bond donors (Lipinski definition) is 2. The molecule has 1 fully saturated rings. The zero-order valence-corrected chi connectivity index (χ0v) is 22.1. The third-order valence-electron chi connectivity index (χ3n) is 6.94. The zero-order valence-electron chi connectivity index (χ0n) is 22.1. The average Bonchev–Trinajstić information content (AvgIpc) is 3.53. The molecule has 0 radical (unpaired) electrons. The number of benzene rings is 2. The number of alkyl halides is 3. The van der Waals surface area contributed by atoms with E-state index >= 15 is 0 Å². The van der Waals surface area contributed by atoms with E-state index in [1.54, 1.807) is 12.3 Å². The number of hydrogen-bond acceptors (Lipinski definition) is 5. The molecule has 1 saturated carbocycles. The molecule has 3 aromatic rings. The van der Waals surface area contributed by atoms with Gasteiger partial charge in [0.2, 0.25) is 5.88 Å². The van der Waals surface area contributed by atoms with Crippen molar-refractivity contribution in [2.75, 3.05) is 6.61 Å². The molecule has 1 aromatic heterocycles. The summed E-state index contributed by atoms with van der Waals surface area (Å²) in [7, 11) is 0. The van der Waals surface area contributed by atoms with Gasteiger partial charge in [-0.3, -0.25) is 4.79 Å². The smallest absolute Gasteiger partial charge is 0.417 e. The molecule has 2 atom stereocenters. The average molecular weight is 584 g/mol. The van der Waals surface area contributed by atoms with Crippen molar-refractivity contribution in [3.8, 4) is 22.8 Å². The first kappa shape index (κ1) is 30.2. The van der Waals surface area contributed by atoms with Gasteiger partial charge in [-0.05, 0) is 61.8 Å². The highest BCUT2D eigenvalue weighted by Gasteiger charge is 2.45. The first-order chi connectivity index (χ1) is 19.2. The lowest BCUT2D eigenvalue weighted by atomic mass is 9.95. The summed E-state index contributed by atoms with van der Waals surface area (Å²) in [5.41, 5.74) is -2.52. The fourth-order valence-corrected chi connectivity index (χ4v) is 4.84. The molecule has 220 valence electrons. The minimum absolute atomic E-state index is 0.0778. The molecular weight excluding hydrogens is 556 g/mol. The number of ether oxygens (including phenoxy) is 2. The number of rotatable bonds is 8. The van der Waals surface area contributed by atoms with Gasteiger partial charge in [0.15, 0.2) is 0 Å². The number of pyridine rings is 1. The summed E-state index contributed by atoms with van der Waals surface area (Å²) < 4.78 is 96.9. The van der Waals surface area contributed by atoms with Crippen molar-refractivity contribution in [1.82, 2.24) is 4.98 Å². The number of aromatic nitrogens is 1. The maximum Gasteiger partial charge on any atom is 0.417 e. The quantitative estimate of drug-likeness (QED) is 0.228. The van der Waals surface area contributed by atoms with Crippen molar-refractivity contribution in [1.29, 1.82) is 0 Å². The molecule has 2 aromatic carbocycles. The molecule has 2 aliphatic carbocycles. The highest BCUT2D eigenvalue weighted by atomic mass is 19.4. The molecule has 0 spiro atoms. The molecule has 0 aliphatic heterocycles. The molecule has 6 nitrogen and oxygen atoms in total. The summed E-state index contributed by atoms with van der Waals surface area (Å²) in [6, 6.07) is 4.20. The molecule has 0 amide bonds. The second kappa shape index (κ2) is 11.6. The van der Waals surface area contributed by atoms with E-state index in [1.807, 2.05) is 0 Å². The van der Waals surface area contributed by atoms with E-state index in [1.165, 1.54) is 13.8 Å². The summed E-state index contributed by atoms with van der Waals surface area (Å²) in [5.74, 6) is -2.79. The lowest BCUT2D eigenvalue weighted by Gasteiger charge is -2.19. The fraction of sp³-hybridized carbons (Fsp3) is 0.379. The predicted octanol–water partition coefficient (Wildman–Crippen LogP) is 6.66. The first-order valence-corrected chi connectivity index (χ1v) is 12.7. The van der Waals surface area contributed by atoms with Gasteiger partial charge in [-0.1, -0.05) is 0 Å². The molecule has 2 aliphatic rings. The maximum atomic E-state index is 15.0. The fourth-order valence-electron chi connectivity index (χ4n) is 4.84. The predicted molar refractivity (Wildman–Crippen MR) is 135 cm³/mol. The van der Waals surface area contributed by atoms with E-state index in [4.69, 9.17) is 19.4 Å². The normalized spacial score (nSPS) is 17.2. The molecule has 1 heterocycles. The molecule has 12 heteroatoms. The Bertz CT molecular complexity index is 1410. The van der Waals surface area contributed by atoms with Gasteiger partial charge in [-0.25, -0.2) is 18.2 Å². The largest absolute Gasteiger partial charge is 0.493 e. The second-order valence-corrected chi connectivity index (χ2v) is 10.6. The highest BCUT2D eigenvalue weighted by molar-refractivity contribution is 5.71. The third kappa shape index (κ3) is 7.10. The Morgan fingerprint density at radius 1 is 1.02 bits per heavy atom. The minimum Gasteiger partial charge on any atom is -0.493 e. The summed E-state index contributed by atoms with van der Waals surface area (Å²) in [6.45, 7) is 2.23. The number of nitrogens with zero attached hydrogens (tertiary/aromatic N) is 1. The van der Waals surface area contributed by atoms with E-state index in [-0.39, 0.29) is 42.8 Å². The van der Waals surface area contributed by atoms with E-state index in [2.05, 4.69) is 4.98 Å². The Morgan fingerprint density at radius 3 is 2.29 bits per heavy atom. The zero-order chi connectivity index (χ0) is 30.1. The van der Waals surface area contributed by atoms with Crippen molar-refractivity contribution in [2.45, 2.75) is 57.4 Å². The number of halogens is 6. The van der Waals surface area contributed by atoms with Gasteiger partial charge in [0, 0.05) is 41.9 Å². The SMILES string of the molecule is CC(C)(O)CCOc1cc(F)c(-c2cc(COc3cc4c(cn3)C3CC3C4)c(F)cc2C(F)(F)F)c(F)c1.O=CO. The highest BCUT2D eigenvalue weighted by Crippen LogP contribution is 2.56. The van der Waals surface area contributed by atoms with Crippen LogP contribution in [0.25, 0.3) is 11.1 Å². The molecule has 2 N–H and O–H groups in total. The van der Waals surface area contributed by atoms with Crippen molar-refractivity contribution < 1.29 is 50.8 Å². The number of carboxylic acid groups (broad SMARTS) is 1. The van der Waals surface area contributed by atoms with Gasteiger partial charge in [-0.15, -0.1) is 0 Å². The Kier molecular flexibility index (Phi) is 8.53. The van der Waals surface area contributed by atoms with Crippen LogP contribution in [-0.2, 0) is 24.0 Å². The van der Waals surface area contributed by atoms with Crippen LogP contribution in [0, 0.1) is 23.4 Å². The maximum absolute atomic E-state index is 15.0. The van der Waals surface area contributed by atoms with Gasteiger partial charge < -0.3 is 19.7 Å². The van der Waals surface area contributed by atoms with Gasteiger partial charge in [0.25, 0.3) is 6.47 Å². The second-order valence-electron chi connectivity index (χ2n) is 10.6. The standard InChI is InChI=1S/C28H25F6NO3.CH2O2/c1-27(2,36)3-4-37-17-9-23(30)26(24(31)10-17)19-7-16(22(29)11-21(19)28(32,33)34)13-38-25-8-15-5-14-6-18(14)20(15)12-35-25;2-1-3/h7-12,14,18,36H,3-6,13H2,1-2H3;1H,(H,2,3). The molecule has 5 rings (SSSR count).